The molecule has 6 heteroatoms. The molecular formula is C15H19NO5. The van der Waals surface area contributed by atoms with E-state index in [4.69, 9.17) is 9.84 Å². The zero-order chi connectivity index (χ0) is 15.8. The third-order valence-corrected chi connectivity index (χ3v) is 2.66. The number of amides is 1. The first kappa shape index (κ1) is 16.7. The van der Waals surface area contributed by atoms with Crippen LogP contribution in [0.2, 0.25) is 0 Å². The highest BCUT2D eigenvalue weighted by Gasteiger charge is 2.23. The van der Waals surface area contributed by atoms with E-state index >= 15 is 0 Å². The normalized spacial score (nSPS) is 13.7. The number of ether oxygens (including phenoxy) is 1. The Morgan fingerprint density at radius 1 is 1.33 bits per heavy atom. The zero-order valence-corrected chi connectivity index (χ0v) is 11.9. The average Bonchev–Trinajstić information content (AvgIpc) is 2.43. The number of carboxylic acids is 1. The van der Waals surface area contributed by atoms with Gasteiger partial charge in [-0.15, -0.1) is 0 Å². The topological polar surface area (TPSA) is 95.9 Å². The van der Waals surface area contributed by atoms with Crippen LogP contribution >= 0.6 is 0 Å². The summed E-state index contributed by atoms with van der Waals surface area (Å²) in [4.78, 5) is 22.4. The first-order valence-electron chi connectivity index (χ1n) is 6.56. The van der Waals surface area contributed by atoms with Crippen LogP contribution in [0.1, 0.15) is 19.4 Å². The fraction of sp³-hybridized carbons (Fsp3) is 0.333. The Morgan fingerprint density at radius 3 is 2.43 bits per heavy atom. The second-order valence-corrected chi connectivity index (χ2v) is 4.40. The molecule has 0 bridgehead atoms. The van der Waals surface area contributed by atoms with Crippen LogP contribution in [0, 0.1) is 0 Å². The molecular weight excluding hydrogens is 274 g/mol. The van der Waals surface area contributed by atoms with Crippen molar-refractivity contribution in [1.29, 1.82) is 0 Å². The van der Waals surface area contributed by atoms with Crippen molar-refractivity contribution < 1.29 is 24.5 Å². The number of carbonyl (C=O) groups is 2. The lowest BCUT2D eigenvalue weighted by atomic mass is 10.1. The van der Waals surface area contributed by atoms with Gasteiger partial charge in [-0.2, -0.15) is 0 Å². The van der Waals surface area contributed by atoms with Gasteiger partial charge in [0.25, 0.3) is 0 Å². The first-order valence-corrected chi connectivity index (χ1v) is 6.56. The second-order valence-electron chi connectivity index (χ2n) is 4.40. The highest BCUT2D eigenvalue weighted by molar-refractivity contribution is 5.94. The summed E-state index contributed by atoms with van der Waals surface area (Å²) in [6.45, 7) is 3.77. The van der Waals surface area contributed by atoms with Crippen molar-refractivity contribution in [3.05, 3.63) is 35.9 Å². The molecule has 0 heterocycles. The monoisotopic (exact) mass is 293 g/mol. The molecule has 0 saturated carbocycles. The van der Waals surface area contributed by atoms with Crippen LogP contribution in [-0.2, 0) is 9.59 Å². The molecule has 0 aliphatic heterocycles. The van der Waals surface area contributed by atoms with Gasteiger partial charge in [0.15, 0.2) is 6.04 Å². The molecule has 0 spiro atoms. The number of hydrogen-bond acceptors (Lipinski definition) is 4. The molecule has 114 valence electrons. The van der Waals surface area contributed by atoms with Gasteiger partial charge < -0.3 is 20.3 Å². The minimum absolute atomic E-state index is 0.577. The number of carboxylic acid groups (broad SMARTS) is 1. The molecule has 3 N–H and O–H groups in total. The Balaban J connectivity index is 2.62. The molecule has 0 aliphatic rings. The first-order chi connectivity index (χ1) is 9.93. The third kappa shape index (κ3) is 5.66. The second kappa shape index (κ2) is 8.06. The zero-order valence-electron chi connectivity index (χ0n) is 11.9. The van der Waals surface area contributed by atoms with Gasteiger partial charge in [0.1, 0.15) is 5.75 Å². The highest BCUT2D eigenvalue weighted by atomic mass is 16.5. The van der Waals surface area contributed by atoms with Crippen LogP contribution in [-0.4, -0.2) is 40.8 Å². The molecule has 0 aliphatic carbocycles. The van der Waals surface area contributed by atoms with Gasteiger partial charge in [-0.25, -0.2) is 4.79 Å². The molecule has 0 fully saturated rings. The number of aliphatic carboxylic acids is 1. The van der Waals surface area contributed by atoms with Gasteiger partial charge >= 0.3 is 5.97 Å². The van der Waals surface area contributed by atoms with Crippen molar-refractivity contribution in [2.24, 2.45) is 0 Å². The molecule has 6 nitrogen and oxygen atoms in total. The predicted molar refractivity (Wildman–Crippen MR) is 77.9 cm³/mol. The maximum Gasteiger partial charge on any atom is 0.328 e. The number of aliphatic hydroxyl groups excluding tert-OH is 1. The Labute approximate surface area is 123 Å². The van der Waals surface area contributed by atoms with Crippen LogP contribution in [0.25, 0.3) is 6.08 Å². The van der Waals surface area contributed by atoms with Gasteiger partial charge in [-0.05, 0) is 37.6 Å². The van der Waals surface area contributed by atoms with E-state index in [1.807, 2.05) is 6.92 Å². The van der Waals surface area contributed by atoms with E-state index in [2.05, 4.69) is 5.32 Å². The molecule has 2 atom stereocenters. The number of hydrogen-bond donors (Lipinski definition) is 3. The summed E-state index contributed by atoms with van der Waals surface area (Å²) in [5.41, 5.74) is 0.775. The van der Waals surface area contributed by atoms with Gasteiger partial charge in [0.05, 0.1) is 12.7 Å². The van der Waals surface area contributed by atoms with Crippen LogP contribution in [0.5, 0.6) is 5.75 Å². The molecule has 1 rings (SSSR count). The van der Waals surface area contributed by atoms with Crippen molar-refractivity contribution >= 4 is 18.0 Å². The standard InChI is InChI=1S/C15H19NO5/c1-3-21-12-7-4-11(5-8-12)6-9-13(18)16-14(10(2)17)15(19)20/h4-10,14,17H,3H2,1-2H3,(H,16,18)(H,19,20)/b9-6+/t10-,14+/m1/s1. The molecule has 0 radical (unpaired) electrons. The summed E-state index contributed by atoms with van der Waals surface area (Å²) in [7, 11) is 0. The summed E-state index contributed by atoms with van der Waals surface area (Å²) < 4.78 is 5.30. The number of aliphatic hydroxyl groups is 1. The van der Waals surface area contributed by atoms with Crippen molar-refractivity contribution in [1.82, 2.24) is 5.32 Å². The SMILES string of the molecule is CCOc1ccc(/C=C/C(=O)N[C@H](C(=O)O)[C@@H](C)O)cc1. The van der Waals surface area contributed by atoms with E-state index in [1.54, 1.807) is 30.3 Å². The molecule has 0 aromatic heterocycles. The van der Waals surface area contributed by atoms with E-state index in [0.29, 0.717) is 6.61 Å². The fourth-order valence-corrected chi connectivity index (χ4v) is 1.60. The Hall–Kier alpha value is -2.34. The lowest BCUT2D eigenvalue weighted by Crippen LogP contribution is -2.47. The van der Waals surface area contributed by atoms with Crippen molar-refractivity contribution in [3.8, 4) is 5.75 Å². The lowest BCUT2D eigenvalue weighted by molar-refractivity contribution is -0.144. The van der Waals surface area contributed by atoms with E-state index in [-0.39, 0.29) is 0 Å². The van der Waals surface area contributed by atoms with Crippen molar-refractivity contribution in [2.45, 2.75) is 26.0 Å². The lowest BCUT2D eigenvalue weighted by Gasteiger charge is -2.15. The quantitative estimate of drug-likeness (QED) is 0.653. The number of rotatable bonds is 7. The van der Waals surface area contributed by atoms with Crippen LogP contribution < -0.4 is 10.1 Å². The van der Waals surface area contributed by atoms with E-state index < -0.39 is 24.0 Å². The highest BCUT2D eigenvalue weighted by Crippen LogP contribution is 2.12. The van der Waals surface area contributed by atoms with Crippen LogP contribution in [0.15, 0.2) is 30.3 Å². The van der Waals surface area contributed by atoms with Crippen molar-refractivity contribution in [2.75, 3.05) is 6.61 Å². The molecule has 1 aromatic rings. The predicted octanol–water partition coefficient (Wildman–Crippen LogP) is 1.05. The van der Waals surface area contributed by atoms with Gasteiger partial charge in [-0.3, -0.25) is 4.79 Å². The summed E-state index contributed by atoms with van der Waals surface area (Å²) in [5, 5.41) is 20.3. The average molecular weight is 293 g/mol. The molecule has 0 saturated heterocycles. The molecule has 0 unspecified atom stereocenters. The van der Waals surface area contributed by atoms with Crippen molar-refractivity contribution in [3.63, 3.8) is 0 Å². The molecule has 1 amide bonds. The van der Waals surface area contributed by atoms with Crippen LogP contribution in [0.4, 0.5) is 0 Å². The van der Waals surface area contributed by atoms with E-state index in [9.17, 15) is 14.7 Å². The summed E-state index contributed by atoms with van der Waals surface area (Å²) in [6, 6.07) is 5.77. The summed E-state index contributed by atoms with van der Waals surface area (Å²) in [5.74, 6) is -1.14. The maximum atomic E-state index is 11.6. The van der Waals surface area contributed by atoms with E-state index in [0.717, 1.165) is 11.3 Å². The molecule has 1 aromatic carbocycles. The largest absolute Gasteiger partial charge is 0.494 e. The Morgan fingerprint density at radius 2 is 1.95 bits per heavy atom. The minimum Gasteiger partial charge on any atom is -0.494 e. The van der Waals surface area contributed by atoms with Gasteiger partial charge in [0, 0.05) is 6.08 Å². The smallest absolute Gasteiger partial charge is 0.328 e. The number of nitrogens with one attached hydrogen (secondary N) is 1. The van der Waals surface area contributed by atoms with Gasteiger partial charge in [-0.1, -0.05) is 12.1 Å². The third-order valence-electron chi connectivity index (χ3n) is 2.66. The van der Waals surface area contributed by atoms with Crippen LogP contribution in [0.3, 0.4) is 0 Å². The summed E-state index contributed by atoms with van der Waals surface area (Å²) >= 11 is 0. The summed E-state index contributed by atoms with van der Waals surface area (Å²) in [6.07, 6.45) is 1.59. The maximum absolute atomic E-state index is 11.6. The van der Waals surface area contributed by atoms with Gasteiger partial charge in [0.2, 0.25) is 5.91 Å². The minimum atomic E-state index is -1.33. The number of carbonyl (C=O) groups excluding carboxylic acids is 1. The number of benzene rings is 1. The molecule has 21 heavy (non-hydrogen) atoms. The van der Waals surface area contributed by atoms with E-state index in [1.165, 1.54) is 13.0 Å². The fourth-order valence-electron chi connectivity index (χ4n) is 1.60. The Kier molecular flexibility index (Phi) is 6.42. The Bertz CT molecular complexity index is 507.